The predicted molar refractivity (Wildman–Crippen MR) is 63.9 cm³/mol. The lowest BCUT2D eigenvalue weighted by atomic mass is 9.97. The third-order valence-electron chi connectivity index (χ3n) is 2.60. The summed E-state index contributed by atoms with van der Waals surface area (Å²) in [7, 11) is 2.14. The molecule has 15 heavy (non-hydrogen) atoms. The van der Waals surface area contributed by atoms with Crippen LogP contribution >= 0.6 is 11.6 Å². The van der Waals surface area contributed by atoms with Gasteiger partial charge < -0.3 is 4.90 Å². The zero-order valence-corrected chi connectivity index (χ0v) is 9.83. The summed E-state index contributed by atoms with van der Waals surface area (Å²) in [5.41, 5.74) is 2.46. The summed E-state index contributed by atoms with van der Waals surface area (Å²) >= 11 is 5.93. The smallest absolute Gasteiger partial charge is 0.0595 e. The quantitative estimate of drug-likeness (QED) is 0.727. The Balaban J connectivity index is 2.30. The van der Waals surface area contributed by atoms with E-state index in [1.807, 2.05) is 12.3 Å². The molecule has 0 saturated heterocycles. The molecule has 2 heterocycles. The van der Waals surface area contributed by atoms with E-state index in [1.54, 1.807) is 6.20 Å². The second-order valence-electron chi connectivity index (χ2n) is 4.26. The van der Waals surface area contributed by atoms with Crippen molar-refractivity contribution in [2.24, 2.45) is 5.92 Å². The summed E-state index contributed by atoms with van der Waals surface area (Å²) in [6, 6.07) is 1.98. The van der Waals surface area contributed by atoms with E-state index in [4.69, 9.17) is 11.6 Å². The van der Waals surface area contributed by atoms with Crippen molar-refractivity contribution in [3.8, 4) is 0 Å². The molecule has 0 aromatic carbocycles. The van der Waals surface area contributed by atoms with Gasteiger partial charge in [0.25, 0.3) is 0 Å². The molecule has 1 atom stereocenters. The highest BCUT2D eigenvalue weighted by atomic mass is 35.5. The van der Waals surface area contributed by atoms with E-state index in [-0.39, 0.29) is 0 Å². The Kier molecular flexibility index (Phi) is 3.08. The SMILES string of the molecule is C[C@H]1C=C(c2cncc(Cl)c2)CN(C)C1. The maximum absolute atomic E-state index is 5.93. The minimum Gasteiger partial charge on any atom is -0.302 e. The fourth-order valence-electron chi connectivity index (χ4n) is 2.07. The molecule has 3 heteroatoms. The van der Waals surface area contributed by atoms with Crippen LogP contribution in [0, 0.1) is 5.92 Å². The first-order valence-corrected chi connectivity index (χ1v) is 5.53. The highest BCUT2D eigenvalue weighted by Gasteiger charge is 2.15. The molecule has 2 nitrogen and oxygen atoms in total. The van der Waals surface area contributed by atoms with Gasteiger partial charge in [-0.1, -0.05) is 24.6 Å². The van der Waals surface area contributed by atoms with Gasteiger partial charge in [-0.25, -0.2) is 0 Å². The van der Waals surface area contributed by atoms with Crippen molar-refractivity contribution in [3.05, 3.63) is 35.1 Å². The predicted octanol–water partition coefficient (Wildman–Crippen LogP) is 2.70. The van der Waals surface area contributed by atoms with Crippen molar-refractivity contribution >= 4 is 17.2 Å². The molecule has 1 aliphatic heterocycles. The summed E-state index contributed by atoms with van der Waals surface area (Å²) in [6.45, 7) is 4.33. The lowest BCUT2D eigenvalue weighted by Crippen LogP contribution is -2.29. The van der Waals surface area contributed by atoms with Crippen molar-refractivity contribution in [2.75, 3.05) is 20.1 Å². The van der Waals surface area contributed by atoms with Crippen LogP contribution in [-0.2, 0) is 0 Å². The monoisotopic (exact) mass is 222 g/mol. The Morgan fingerprint density at radius 3 is 2.93 bits per heavy atom. The van der Waals surface area contributed by atoms with Crippen LogP contribution in [0.3, 0.4) is 0 Å². The Labute approximate surface area is 95.6 Å². The molecule has 1 aliphatic rings. The molecular weight excluding hydrogens is 208 g/mol. The average Bonchev–Trinajstić information content (AvgIpc) is 2.16. The van der Waals surface area contributed by atoms with Crippen LogP contribution < -0.4 is 0 Å². The molecule has 80 valence electrons. The van der Waals surface area contributed by atoms with E-state index in [0.29, 0.717) is 10.9 Å². The summed E-state index contributed by atoms with van der Waals surface area (Å²) in [6.07, 6.45) is 5.86. The summed E-state index contributed by atoms with van der Waals surface area (Å²) in [5.74, 6) is 0.595. The first kappa shape index (κ1) is 10.7. The van der Waals surface area contributed by atoms with Gasteiger partial charge in [-0.3, -0.25) is 4.98 Å². The highest BCUT2D eigenvalue weighted by molar-refractivity contribution is 6.30. The molecule has 0 unspecified atom stereocenters. The van der Waals surface area contributed by atoms with Gasteiger partial charge in [0.2, 0.25) is 0 Å². The molecule has 1 aromatic rings. The van der Waals surface area contributed by atoms with E-state index in [1.165, 1.54) is 5.57 Å². The molecule has 0 spiro atoms. The highest BCUT2D eigenvalue weighted by Crippen LogP contribution is 2.23. The van der Waals surface area contributed by atoms with Gasteiger partial charge in [-0.15, -0.1) is 0 Å². The van der Waals surface area contributed by atoms with Crippen molar-refractivity contribution in [1.29, 1.82) is 0 Å². The zero-order chi connectivity index (χ0) is 10.8. The minimum atomic E-state index is 0.595. The van der Waals surface area contributed by atoms with Gasteiger partial charge in [0.05, 0.1) is 5.02 Å². The zero-order valence-electron chi connectivity index (χ0n) is 9.07. The van der Waals surface area contributed by atoms with Gasteiger partial charge in [-0.2, -0.15) is 0 Å². The Morgan fingerprint density at radius 1 is 1.47 bits per heavy atom. The maximum Gasteiger partial charge on any atom is 0.0595 e. The Morgan fingerprint density at radius 2 is 2.27 bits per heavy atom. The minimum absolute atomic E-state index is 0.595. The summed E-state index contributed by atoms with van der Waals surface area (Å²) in [5, 5.41) is 0.703. The van der Waals surface area contributed by atoms with E-state index < -0.39 is 0 Å². The maximum atomic E-state index is 5.93. The van der Waals surface area contributed by atoms with Gasteiger partial charge in [0.15, 0.2) is 0 Å². The van der Waals surface area contributed by atoms with E-state index in [2.05, 4.69) is 29.9 Å². The number of rotatable bonds is 1. The molecule has 0 radical (unpaired) electrons. The van der Waals surface area contributed by atoms with Crippen LogP contribution in [0.25, 0.3) is 5.57 Å². The number of aromatic nitrogens is 1. The van der Waals surface area contributed by atoms with Crippen LogP contribution in [0.15, 0.2) is 24.5 Å². The average molecular weight is 223 g/mol. The van der Waals surface area contributed by atoms with Gasteiger partial charge in [0, 0.05) is 25.5 Å². The molecule has 0 saturated carbocycles. The number of nitrogens with zero attached hydrogens (tertiary/aromatic N) is 2. The number of likely N-dealkylation sites (N-methyl/N-ethyl adjacent to an activating group) is 1. The van der Waals surface area contributed by atoms with Crippen molar-refractivity contribution in [3.63, 3.8) is 0 Å². The van der Waals surface area contributed by atoms with Crippen LogP contribution in [0.1, 0.15) is 12.5 Å². The van der Waals surface area contributed by atoms with E-state index >= 15 is 0 Å². The third kappa shape index (κ3) is 2.58. The Hall–Kier alpha value is -0.860. The molecule has 2 rings (SSSR count). The van der Waals surface area contributed by atoms with Crippen LogP contribution in [0.2, 0.25) is 5.02 Å². The first-order chi connectivity index (χ1) is 7.15. The molecule has 1 aromatic heterocycles. The lowest BCUT2D eigenvalue weighted by molar-refractivity contribution is 0.329. The molecule has 0 N–H and O–H groups in total. The van der Waals surface area contributed by atoms with Crippen molar-refractivity contribution in [1.82, 2.24) is 9.88 Å². The summed E-state index contributed by atoms with van der Waals surface area (Å²) in [4.78, 5) is 6.44. The van der Waals surface area contributed by atoms with Crippen molar-refractivity contribution < 1.29 is 0 Å². The molecule has 0 fully saturated rings. The lowest BCUT2D eigenvalue weighted by Gasteiger charge is -2.27. The normalized spacial score (nSPS) is 22.6. The number of hydrogen-bond donors (Lipinski definition) is 0. The fraction of sp³-hybridized carbons (Fsp3) is 0.417. The second kappa shape index (κ2) is 4.33. The molecular formula is C12H15ClN2. The first-order valence-electron chi connectivity index (χ1n) is 5.15. The van der Waals surface area contributed by atoms with Gasteiger partial charge in [0.1, 0.15) is 0 Å². The van der Waals surface area contributed by atoms with Crippen LogP contribution in [-0.4, -0.2) is 30.0 Å². The van der Waals surface area contributed by atoms with Gasteiger partial charge >= 0.3 is 0 Å². The number of hydrogen-bond acceptors (Lipinski definition) is 2. The molecule has 0 amide bonds. The second-order valence-corrected chi connectivity index (χ2v) is 4.69. The van der Waals surface area contributed by atoms with E-state index in [0.717, 1.165) is 18.7 Å². The van der Waals surface area contributed by atoms with E-state index in [9.17, 15) is 0 Å². The van der Waals surface area contributed by atoms with Crippen molar-refractivity contribution in [2.45, 2.75) is 6.92 Å². The largest absolute Gasteiger partial charge is 0.302 e. The molecule has 0 aliphatic carbocycles. The topological polar surface area (TPSA) is 16.1 Å². The van der Waals surface area contributed by atoms with Gasteiger partial charge in [-0.05, 0) is 30.2 Å². The number of halogens is 1. The molecule has 0 bridgehead atoms. The summed E-state index contributed by atoms with van der Waals surface area (Å²) < 4.78 is 0. The van der Waals surface area contributed by atoms with Crippen LogP contribution in [0.4, 0.5) is 0 Å². The number of pyridine rings is 1. The standard InChI is InChI=1S/C12H15ClN2/c1-9-3-11(8-15(2)7-9)10-4-12(13)6-14-5-10/h3-6,9H,7-8H2,1-2H3/t9-/m0/s1. The third-order valence-corrected chi connectivity index (χ3v) is 2.81. The van der Waals surface area contributed by atoms with Crippen LogP contribution in [0.5, 0.6) is 0 Å². The fourth-order valence-corrected chi connectivity index (χ4v) is 2.24. The Bertz CT molecular complexity index is 387.